The van der Waals surface area contributed by atoms with Crippen molar-refractivity contribution in [1.82, 2.24) is 4.90 Å². The monoisotopic (exact) mass is 518 g/mol. The van der Waals surface area contributed by atoms with Gasteiger partial charge in [0.15, 0.2) is 17.1 Å². The number of amides is 2. The molecule has 4 rings (SSSR count). The minimum atomic E-state index is -2.86. The highest BCUT2D eigenvalue weighted by atomic mass is 19.1. The minimum absolute atomic E-state index is 0.0660. The van der Waals surface area contributed by atoms with Crippen LogP contribution < -0.4 is 16.8 Å². The number of halogens is 1. The van der Waals surface area contributed by atoms with Crippen LogP contribution in [0.4, 0.5) is 10.1 Å². The number of primary amides is 1. The van der Waals surface area contributed by atoms with E-state index in [2.05, 4.69) is 5.32 Å². The van der Waals surface area contributed by atoms with Crippen LogP contribution in [0.5, 0.6) is 5.75 Å². The SMILES string of the molecule is CCN(C)CC(=O)Nc1cc(F)c2c(c1O)C(O)=C1C(=O)[C@]3(O)C(O)=C(C(N)=O)C(=O)[C@H](N)[C@@H]3C[C@@H]1C2. The number of carbonyl (C=O) groups excluding carboxylic acids is 4. The number of hydrogen-bond acceptors (Lipinski definition) is 10. The van der Waals surface area contributed by atoms with E-state index in [1.807, 2.05) is 6.92 Å². The van der Waals surface area contributed by atoms with E-state index in [0.717, 1.165) is 6.07 Å². The predicted molar refractivity (Wildman–Crippen MR) is 127 cm³/mol. The second-order valence-corrected chi connectivity index (χ2v) is 9.57. The lowest BCUT2D eigenvalue weighted by Gasteiger charge is -2.48. The smallest absolute Gasteiger partial charge is 0.255 e. The van der Waals surface area contributed by atoms with Crippen molar-refractivity contribution in [2.75, 3.05) is 25.5 Å². The highest BCUT2D eigenvalue weighted by Gasteiger charge is 2.63. The summed E-state index contributed by atoms with van der Waals surface area (Å²) in [5.41, 5.74) is 5.80. The van der Waals surface area contributed by atoms with Crippen LogP contribution in [0.25, 0.3) is 5.76 Å². The predicted octanol–water partition coefficient (Wildman–Crippen LogP) is -0.610. The highest BCUT2D eigenvalue weighted by Crippen LogP contribution is 2.52. The number of likely N-dealkylation sites (N-methyl/N-ethyl adjacent to an activating group) is 1. The number of nitrogens with zero attached hydrogens (tertiary/aromatic N) is 1. The fourth-order valence-electron chi connectivity index (χ4n) is 5.38. The molecule has 1 fully saturated rings. The highest BCUT2D eigenvalue weighted by molar-refractivity contribution is 6.24. The Labute approximate surface area is 210 Å². The van der Waals surface area contributed by atoms with Crippen LogP contribution in [0.15, 0.2) is 23.0 Å². The number of aromatic hydroxyl groups is 1. The number of nitrogens with two attached hydrogens (primary N) is 2. The average molecular weight is 518 g/mol. The minimum Gasteiger partial charge on any atom is -0.508 e. The summed E-state index contributed by atoms with van der Waals surface area (Å²) in [7, 11) is 1.67. The number of nitrogens with one attached hydrogen (secondary N) is 1. The molecule has 13 heteroatoms. The number of aliphatic hydroxyl groups excluding tert-OH is 2. The van der Waals surface area contributed by atoms with Gasteiger partial charge < -0.3 is 37.2 Å². The Morgan fingerprint density at radius 1 is 1.27 bits per heavy atom. The Balaban J connectivity index is 1.84. The van der Waals surface area contributed by atoms with E-state index in [4.69, 9.17) is 11.5 Å². The summed E-state index contributed by atoms with van der Waals surface area (Å²) in [6.07, 6.45) is -0.473. The first-order chi connectivity index (χ1) is 17.2. The van der Waals surface area contributed by atoms with Crippen LogP contribution in [-0.2, 0) is 25.6 Å². The van der Waals surface area contributed by atoms with Crippen molar-refractivity contribution < 1.29 is 44.0 Å². The lowest BCUT2D eigenvalue weighted by molar-refractivity contribution is -0.149. The number of ketones is 2. The normalized spacial score (nSPS) is 27.1. The first-order valence-corrected chi connectivity index (χ1v) is 11.5. The Kier molecular flexibility index (Phi) is 6.34. The number of benzene rings is 1. The Bertz CT molecular complexity index is 1320. The number of aliphatic hydroxyl groups is 3. The quantitative estimate of drug-likeness (QED) is 0.194. The van der Waals surface area contributed by atoms with E-state index in [1.54, 1.807) is 11.9 Å². The molecule has 0 bridgehead atoms. The van der Waals surface area contributed by atoms with Gasteiger partial charge in [0.25, 0.3) is 5.91 Å². The number of anilines is 1. The van der Waals surface area contributed by atoms with Crippen LogP contribution in [0, 0.1) is 17.7 Å². The maximum Gasteiger partial charge on any atom is 0.255 e. The van der Waals surface area contributed by atoms with Gasteiger partial charge in [0.05, 0.1) is 23.8 Å². The number of rotatable bonds is 5. The maximum absolute atomic E-state index is 15.2. The van der Waals surface area contributed by atoms with Gasteiger partial charge in [-0.3, -0.25) is 24.1 Å². The van der Waals surface area contributed by atoms with Crippen molar-refractivity contribution >= 4 is 34.8 Å². The molecule has 0 heterocycles. The molecule has 1 aromatic rings. The van der Waals surface area contributed by atoms with Gasteiger partial charge >= 0.3 is 0 Å². The van der Waals surface area contributed by atoms with Crippen molar-refractivity contribution in [3.05, 3.63) is 39.9 Å². The van der Waals surface area contributed by atoms with Gasteiger partial charge in [0.1, 0.15) is 22.9 Å². The van der Waals surface area contributed by atoms with Crippen molar-refractivity contribution in [2.45, 2.75) is 31.4 Å². The molecule has 0 aliphatic heterocycles. The van der Waals surface area contributed by atoms with Gasteiger partial charge in [-0.25, -0.2) is 4.39 Å². The van der Waals surface area contributed by atoms with E-state index in [9.17, 15) is 39.6 Å². The van der Waals surface area contributed by atoms with Crippen LogP contribution in [0.2, 0.25) is 0 Å². The van der Waals surface area contributed by atoms with Crippen molar-refractivity contribution in [3.8, 4) is 5.75 Å². The zero-order valence-electron chi connectivity index (χ0n) is 20.0. The number of fused-ring (bicyclic) bond motifs is 3. The van der Waals surface area contributed by atoms with Gasteiger partial charge in [-0.1, -0.05) is 6.92 Å². The summed E-state index contributed by atoms with van der Waals surface area (Å²) < 4.78 is 15.2. The third kappa shape index (κ3) is 3.77. The summed E-state index contributed by atoms with van der Waals surface area (Å²) in [6.45, 7) is 2.30. The first kappa shape index (κ1) is 26.3. The topological polar surface area (TPSA) is 217 Å². The molecule has 3 aliphatic rings. The molecule has 2 amide bonds. The molecule has 0 spiro atoms. The number of phenolic OH excluding ortho intramolecular Hbond substituents is 1. The van der Waals surface area contributed by atoms with Gasteiger partial charge in [0.2, 0.25) is 11.7 Å². The molecule has 37 heavy (non-hydrogen) atoms. The van der Waals surface area contributed by atoms with E-state index < -0.39 is 86.7 Å². The van der Waals surface area contributed by atoms with Crippen LogP contribution in [0.3, 0.4) is 0 Å². The number of phenols is 1. The zero-order chi connectivity index (χ0) is 27.6. The second kappa shape index (κ2) is 8.94. The molecule has 1 saturated carbocycles. The number of carbonyl (C=O) groups is 4. The molecule has 9 N–H and O–H groups in total. The molecule has 0 aromatic heterocycles. The van der Waals surface area contributed by atoms with Gasteiger partial charge in [-0.05, 0) is 32.4 Å². The van der Waals surface area contributed by atoms with Crippen LogP contribution in [-0.4, -0.2) is 80.5 Å². The summed E-state index contributed by atoms with van der Waals surface area (Å²) in [6, 6.07) is -0.699. The third-order valence-corrected chi connectivity index (χ3v) is 7.42. The molecule has 4 atom stereocenters. The van der Waals surface area contributed by atoms with Gasteiger partial charge in [-0.15, -0.1) is 0 Å². The molecule has 3 aliphatic carbocycles. The summed E-state index contributed by atoms with van der Waals surface area (Å²) >= 11 is 0. The average Bonchev–Trinajstić information content (AvgIpc) is 2.82. The van der Waals surface area contributed by atoms with Gasteiger partial charge in [0, 0.05) is 23.1 Å². The Morgan fingerprint density at radius 2 is 1.92 bits per heavy atom. The summed E-state index contributed by atoms with van der Waals surface area (Å²) in [5, 5.41) is 46.2. The number of hydrogen-bond donors (Lipinski definition) is 7. The Hall–Kier alpha value is -3.81. The van der Waals surface area contributed by atoms with Gasteiger partial charge in [-0.2, -0.15) is 0 Å². The first-order valence-electron chi connectivity index (χ1n) is 11.5. The summed E-state index contributed by atoms with van der Waals surface area (Å²) in [5.74, 6) is -10.4. The Morgan fingerprint density at radius 3 is 2.51 bits per heavy atom. The molecular weight excluding hydrogens is 491 g/mol. The number of Topliss-reactive ketones (excluding diaryl/α,β-unsaturated/α-hetero) is 2. The lowest BCUT2D eigenvalue weighted by atomic mass is 9.58. The van der Waals surface area contributed by atoms with E-state index >= 15 is 4.39 Å². The third-order valence-electron chi connectivity index (χ3n) is 7.42. The maximum atomic E-state index is 15.2. The molecular formula is C24H27FN4O8. The van der Waals surface area contributed by atoms with Crippen LogP contribution in [0.1, 0.15) is 24.5 Å². The lowest BCUT2D eigenvalue weighted by Crippen LogP contribution is -2.65. The standard InChI is InChI=1S/C24H27FN4O8/c1-3-29(2)7-13(30)28-12-6-11(25)9-4-8-5-10-17(26)20(33)16(23(27)36)22(35)24(10,37)21(34)14(8)19(32)15(9)18(12)31/h6,8,10,17,31-32,35,37H,3-5,7,26H2,1-2H3,(H2,27,36)(H,28,30)/t8-,10-,17+,24-/m0/s1. The molecule has 0 unspecified atom stereocenters. The molecule has 198 valence electrons. The fraction of sp³-hybridized carbons (Fsp3) is 0.417. The zero-order valence-corrected chi connectivity index (χ0v) is 20.0. The fourth-order valence-corrected chi connectivity index (χ4v) is 5.38. The summed E-state index contributed by atoms with van der Waals surface area (Å²) in [4.78, 5) is 51.8. The molecule has 0 saturated heterocycles. The van der Waals surface area contributed by atoms with E-state index in [0.29, 0.717) is 6.54 Å². The van der Waals surface area contributed by atoms with Crippen molar-refractivity contribution in [3.63, 3.8) is 0 Å². The van der Waals surface area contributed by atoms with E-state index in [1.165, 1.54) is 0 Å². The largest absolute Gasteiger partial charge is 0.508 e. The molecule has 12 nitrogen and oxygen atoms in total. The molecule has 0 radical (unpaired) electrons. The van der Waals surface area contributed by atoms with Crippen molar-refractivity contribution in [2.24, 2.45) is 23.3 Å². The van der Waals surface area contributed by atoms with Crippen LogP contribution >= 0.6 is 0 Å². The molecule has 1 aromatic carbocycles. The second-order valence-electron chi connectivity index (χ2n) is 9.57. The van der Waals surface area contributed by atoms with Crippen molar-refractivity contribution in [1.29, 1.82) is 0 Å². The van der Waals surface area contributed by atoms with E-state index in [-0.39, 0.29) is 30.6 Å².